The minimum Gasteiger partial charge on any atom is -0.465 e. The number of aliphatic imine (C=N–C) groups is 1. The first kappa shape index (κ1) is 23.2. The summed E-state index contributed by atoms with van der Waals surface area (Å²) in [5, 5.41) is 6.72. The molecule has 0 spiro atoms. The van der Waals surface area contributed by atoms with Crippen molar-refractivity contribution in [1.82, 2.24) is 15.5 Å². The van der Waals surface area contributed by atoms with Crippen molar-refractivity contribution in [3.63, 3.8) is 0 Å². The summed E-state index contributed by atoms with van der Waals surface area (Å²) in [6.07, 6.45) is 3.50. The summed E-state index contributed by atoms with van der Waals surface area (Å²) in [4.78, 5) is 7.30. The molecule has 0 amide bonds. The molecule has 0 saturated carbocycles. The number of rotatable bonds is 10. The predicted octanol–water partition coefficient (Wildman–Crippen LogP) is 3.32. The number of hydrogen-bond acceptors (Lipinski definition) is 4. The van der Waals surface area contributed by atoms with E-state index in [0.29, 0.717) is 6.54 Å². The standard InChI is InChI=1S/C19H34N4O2.HI/c1-4-20-19(21-11-8-14-24-5-2)22-15-17(23-12-6-7-13-23)18-10-9-16(3)25-18;/h9-10,17H,4-8,11-15H2,1-3H3,(H2,20,21,22);1H. The first-order valence-electron chi connectivity index (χ1n) is 9.65. The van der Waals surface area contributed by atoms with Crippen LogP contribution in [0.2, 0.25) is 0 Å². The van der Waals surface area contributed by atoms with Crippen LogP contribution in [0.15, 0.2) is 21.5 Å². The highest BCUT2D eigenvalue weighted by atomic mass is 127. The van der Waals surface area contributed by atoms with Gasteiger partial charge in [-0.3, -0.25) is 9.89 Å². The molecule has 2 N–H and O–H groups in total. The molecule has 1 aliphatic rings. The fourth-order valence-electron chi connectivity index (χ4n) is 3.12. The molecule has 0 bridgehead atoms. The van der Waals surface area contributed by atoms with E-state index in [1.165, 1.54) is 12.8 Å². The lowest BCUT2D eigenvalue weighted by Gasteiger charge is -2.24. The van der Waals surface area contributed by atoms with Gasteiger partial charge in [-0.05, 0) is 65.3 Å². The summed E-state index contributed by atoms with van der Waals surface area (Å²) in [5.41, 5.74) is 0. The summed E-state index contributed by atoms with van der Waals surface area (Å²) in [6, 6.07) is 4.35. The lowest BCUT2D eigenvalue weighted by atomic mass is 10.2. The Bertz CT molecular complexity index is 515. The van der Waals surface area contributed by atoms with Crippen LogP contribution in [0.3, 0.4) is 0 Å². The van der Waals surface area contributed by atoms with Gasteiger partial charge in [-0.25, -0.2) is 0 Å². The highest BCUT2D eigenvalue weighted by molar-refractivity contribution is 14.0. The Morgan fingerprint density at radius 2 is 2.04 bits per heavy atom. The van der Waals surface area contributed by atoms with Gasteiger partial charge in [0.2, 0.25) is 0 Å². The molecule has 1 atom stereocenters. The van der Waals surface area contributed by atoms with Crippen molar-refractivity contribution >= 4 is 29.9 Å². The van der Waals surface area contributed by atoms with Crippen molar-refractivity contribution in [2.45, 2.75) is 46.1 Å². The van der Waals surface area contributed by atoms with Crippen molar-refractivity contribution < 1.29 is 9.15 Å². The average molecular weight is 478 g/mol. The van der Waals surface area contributed by atoms with E-state index >= 15 is 0 Å². The summed E-state index contributed by atoms with van der Waals surface area (Å²) in [5.74, 6) is 2.85. The number of furan rings is 1. The topological polar surface area (TPSA) is 62.0 Å². The molecule has 1 unspecified atom stereocenters. The number of halogens is 1. The molecular weight excluding hydrogens is 443 g/mol. The molecule has 1 aliphatic heterocycles. The fraction of sp³-hybridized carbons (Fsp3) is 0.737. The van der Waals surface area contributed by atoms with Crippen LogP contribution in [0.25, 0.3) is 0 Å². The quantitative estimate of drug-likeness (QED) is 0.234. The van der Waals surface area contributed by atoms with Crippen LogP contribution >= 0.6 is 24.0 Å². The van der Waals surface area contributed by atoms with Gasteiger partial charge in [-0.15, -0.1) is 24.0 Å². The smallest absolute Gasteiger partial charge is 0.191 e. The molecule has 150 valence electrons. The highest BCUT2D eigenvalue weighted by Gasteiger charge is 2.25. The second kappa shape index (κ2) is 13.4. The fourth-order valence-corrected chi connectivity index (χ4v) is 3.12. The van der Waals surface area contributed by atoms with E-state index in [-0.39, 0.29) is 30.0 Å². The third kappa shape index (κ3) is 7.84. The van der Waals surface area contributed by atoms with E-state index < -0.39 is 0 Å². The lowest BCUT2D eigenvalue weighted by Crippen LogP contribution is -2.39. The Balaban J connectivity index is 0.00000338. The van der Waals surface area contributed by atoms with E-state index in [2.05, 4.69) is 28.5 Å². The largest absolute Gasteiger partial charge is 0.465 e. The van der Waals surface area contributed by atoms with Crippen molar-refractivity contribution in [2.24, 2.45) is 4.99 Å². The molecule has 1 saturated heterocycles. The summed E-state index contributed by atoms with van der Waals surface area (Å²) < 4.78 is 11.3. The summed E-state index contributed by atoms with van der Waals surface area (Å²) >= 11 is 0. The monoisotopic (exact) mass is 478 g/mol. The molecule has 7 heteroatoms. The van der Waals surface area contributed by atoms with Crippen LogP contribution < -0.4 is 10.6 Å². The molecule has 0 aromatic carbocycles. The van der Waals surface area contributed by atoms with Gasteiger partial charge >= 0.3 is 0 Å². The van der Waals surface area contributed by atoms with Crippen LogP contribution in [0.4, 0.5) is 0 Å². The third-order valence-electron chi connectivity index (χ3n) is 4.40. The molecule has 0 aliphatic carbocycles. The zero-order valence-electron chi connectivity index (χ0n) is 16.4. The van der Waals surface area contributed by atoms with Gasteiger partial charge in [0, 0.05) is 26.3 Å². The van der Waals surface area contributed by atoms with E-state index in [4.69, 9.17) is 14.1 Å². The Morgan fingerprint density at radius 1 is 1.27 bits per heavy atom. The molecule has 1 aromatic rings. The van der Waals surface area contributed by atoms with E-state index in [1.807, 2.05) is 19.9 Å². The van der Waals surface area contributed by atoms with Crippen molar-refractivity contribution in [3.8, 4) is 0 Å². The van der Waals surface area contributed by atoms with Gasteiger partial charge in [0.05, 0.1) is 12.6 Å². The van der Waals surface area contributed by atoms with Crippen molar-refractivity contribution in [2.75, 3.05) is 45.9 Å². The molecule has 2 heterocycles. The molecule has 6 nitrogen and oxygen atoms in total. The Morgan fingerprint density at radius 3 is 2.65 bits per heavy atom. The molecule has 1 aromatic heterocycles. The van der Waals surface area contributed by atoms with Crippen LogP contribution in [0.1, 0.15) is 50.7 Å². The maximum Gasteiger partial charge on any atom is 0.191 e. The predicted molar refractivity (Wildman–Crippen MR) is 117 cm³/mol. The highest BCUT2D eigenvalue weighted by Crippen LogP contribution is 2.26. The second-order valence-electron chi connectivity index (χ2n) is 6.40. The number of nitrogens with one attached hydrogen (secondary N) is 2. The molecule has 2 rings (SSSR count). The van der Waals surface area contributed by atoms with E-state index in [0.717, 1.165) is 63.3 Å². The molecule has 1 fully saturated rings. The second-order valence-corrected chi connectivity index (χ2v) is 6.40. The third-order valence-corrected chi connectivity index (χ3v) is 4.40. The van der Waals surface area contributed by atoms with Crippen molar-refractivity contribution in [1.29, 1.82) is 0 Å². The Hall–Kier alpha value is -0.800. The van der Waals surface area contributed by atoms with Gasteiger partial charge in [-0.2, -0.15) is 0 Å². The minimum absolute atomic E-state index is 0. The Labute approximate surface area is 175 Å². The number of ether oxygens (including phenoxy) is 1. The minimum atomic E-state index is 0. The normalized spacial score (nSPS) is 16.3. The maximum absolute atomic E-state index is 5.91. The first-order chi connectivity index (χ1) is 12.2. The number of likely N-dealkylation sites (tertiary alicyclic amines) is 1. The first-order valence-corrected chi connectivity index (χ1v) is 9.65. The summed E-state index contributed by atoms with van der Waals surface area (Å²) in [7, 11) is 0. The van der Waals surface area contributed by atoms with Gasteiger partial charge < -0.3 is 19.8 Å². The van der Waals surface area contributed by atoms with Gasteiger partial charge in [0.15, 0.2) is 5.96 Å². The maximum atomic E-state index is 5.91. The Kier molecular flexibility index (Phi) is 12.0. The average Bonchev–Trinajstić information content (AvgIpc) is 3.27. The van der Waals surface area contributed by atoms with Crippen LogP contribution in [0, 0.1) is 6.92 Å². The van der Waals surface area contributed by atoms with E-state index in [1.54, 1.807) is 0 Å². The summed E-state index contributed by atoms with van der Waals surface area (Å²) in [6.45, 7) is 12.3. The molecule has 26 heavy (non-hydrogen) atoms. The number of guanidine groups is 1. The van der Waals surface area contributed by atoms with Crippen LogP contribution in [0.5, 0.6) is 0 Å². The zero-order valence-corrected chi connectivity index (χ0v) is 18.8. The molecular formula is C19H35IN4O2. The number of hydrogen-bond donors (Lipinski definition) is 2. The van der Waals surface area contributed by atoms with Crippen LogP contribution in [-0.4, -0.2) is 56.8 Å². The van der Waals surface area contributed by atoms with Gasteiger partial charge in [0.1, 0.15) is 11.5 Å². The SMILES string of the molecule is CCNC(=NCC(c1ccc(C)o1)N1CCCC1)NCCCOCC.I. The number of aryl methyl sites for hydroxylation is 1. The van der Waals surface area contributed by atoms with Crippen molar-refractivity contribution in [3.05, 3.63) is 23.7 Å². The molecule has 0 radical (unpaired) electrons. The lowest BCUT2D eigenvalue weighted by molar-refractivity contribution is 0.145. The van der Waals surface area contributed by atoms with E-state index in [9.17, 15) is 0 Å². The van der Waals surface area contributed by atoms with Gasteiger partial charge in [-0.1, -0.05) is 0 Å². The zero-order chi connectivity index (χ0) is 17.9. The number of nitrogens with zero attached hydrogens (tertiary/aromatic N) is 2. The van der Waals surface area contributed by atoms with Crippen LogP contribution in [-0.2, 0) is 4.74 Å². The van der Waals surface area contributed by atoms with Gasteiger partial charge in [0.25, 0.3) is 0 Å².